The van der Waals surface area contributed by atoms with Gasteiger partial charge >= 0.3 is 0 Å². The first-order valence-corrected chi connectivity index (χ1v) is 4.31. The summed E-state index contributed by atoms with van der Waals surface area (Å²) in [5, 5.41) is 0.668. The molecule has 0 aliphatic rings. The highest BCUT2D eigenvalue weighted by Crippen LogP contribution is 2.12. The van der Waals surface area contributed by atoms with Gasteiger partial charge in [0.05, 0.1) is 5.39 Å². The molecule has 0 spiro atoms. The van der Waals surface area contributed by atoms with Crippen molar-refractivity contribution in [2.75, 3.05) is 0 Å². The fraction of sp³-hybridized carbons (Fsp3) is 0.300. The molecule has 2 rings (SSSR count). The smallest absolute Gasteiger partial charge is 0.290 e. The predicted octanol–water partition coefficient (Wildman–Crippen LogP) is 1.69. The van der Waals surface area contributed by atoms with Crippen LogP contribution in [0.25, 0.3) is 11.0 Å². The molecule has 3 nitrogen and oxygen atoms in total. The monoisotopic (exact) mass is 177 g/mol. The highest BCUT2D eigenvalue weighted by atomic mass is 16.5. The van der Waals surface area contributed by atoms with Crippen molar-refractivity contribution in [1.29, 1.82) is 0 Å². The summed E-state index contributed by atoms with van der Waals surface area (Å²) in [6.45, 7) is 2.06. The van der Waals surface area contributed by atoms with Gasteiger partial charge < -0.3 is 4.52 Å². The van der Waals surface area contributed by atoms with Crippen molar-refractivity contribution in [2.24, 2.45) is 7.05 Å². The number of benzene rings is 1. The van der Waals surface area contributed by atoms with Gasteiger partial charge in [-0.15, -0.1) is 0 Å². The van der Waals surface area contributed by atoms with Crippen molar-refractivity contribution in [3.8, 4) is 0 Å². The quantitative estimate of drug-likeness (QED) is 0.664. The van der Waals surface area contributed by atoms with Crippen LogP contribution in [-0.2, 0) is 13.5 Å². The van der Waals surface area contributed by atoms with Crippen molar-refractivity contribution in [3.05, 3.63) is 34.1 Å². The van der Waals surface area contributed by atoms with Crippen LogP contribution in [0.15, 0.2) is 27.5 Å². The molecule has 68 valence electrons. The van der Waals surface area contributed by atoms with Gasteiger partial charge in [-0.25, -0.2) is 0 Å². The third-order valence-corrected chi connectivity index (χ3v) is 2.20. The van der Waals surface area contributed by atoms with Gasteiger partial charge in [0.1, 0.15) is 0 Å². The summed E-state index contributed by atoms with van der Waals surface area (Å²) in [6, 6.07) is 5.71. The van der Waals surface area contributed by atoms with Crippen LogP contribution in [0.5, 0.6) is 0 Å². The Hall–Kier alpha value is -1.51. The average molecular weight is 177 g/mol. The molecule has 1 aromatic heterocycles. The lowest BCUT2D eigenvalue weighted by Crippen LogP contribution is -2.08. The number of nitrogens with zero attached hydrogens (tertiary/aromatic N) is 1. The molecule has 0 saturated heterocycles. The minimum Gasteiger partial charge on any atom is -0.376 e. The first kappa shape index (κ1) is 8.10. The summed E-state index contributed by atoms with van der Waals surface area (Å²) >= 11 is 0. The van der Waals surface area contributed by atoms with Crippen LogP contribution in [0, 0.1) is 0 Å². The highest BCUT2D eigenvalue weighted by molar-refractivity contribution is 5.76. The van der Waals surface area contributed by atoms with Gasteiger partial charge in [-0.3, -0.25) is 4.79 Å². The molecule has 0 aliphatic carbocycles. The van der Waals surface area contributed by atoms with Crippen LogP contribution in [0.3, 0.4) is 0 Å². The molecule has 0 N–H and O–H groups in total. The molecular weight excluding hydrogens is 166 g/mol. The van der Waals surface area contributed by atoms with Gasteiger partial charge in [-0.1, -0.05) is 13.0 Å². The Morgan fingerprint density at radius 2 is 2.23 bits per heavy atom. The van der Waals surface area contributed by atoms with E-state index in [4.69, 9.17) is 4.52 Å². The fourth-order valence-electron chi connectivity index (χ4n) is 1.40. The van der Waals surface area contributed by atoms with E-state index in [0.717, 1.165) is 12.0 Å². The summed E-state index contributed by atoms with van der Waals surface area (Å²) in [6.07, 6.45) is 0.935. The van der Waals surface area contributed by atoms with E-state index in [1.807, 2.05) is 18.2 Å². The Morgan fingerprint density at radius 3 is 2.92 bits per heavy atom. The number of hydrogen-bond donors (Lipinski definition) is 0. The number of aromatic nitrogens is 1. The molecule has 0 unspecified atom stereocenters. The SMILES string of the molecule is CCc1ccc2on(C)c(=O)c2c1. The molecular formula is C10H11NO2. The van der Waals surface area contributed by atoms with E-state index in [1.54, 1.807) is 7.05 Å². The van der Waals surface area contributed by atoms with Crippen molar-refractivity contribution in [2.45, 2.75) is 13.3 Å². The van der Waals surface area contributed by atoms with Gasteiger partial charge in [0.2, 0.25) is 0 Å². The van der Waals surface area contributed by atoms with Crippen LogP contribution < -0.4 is 5.56 Å². The molecule has 0 amide bonds. The number of hydrogen-bond acceptors (Lipinski definition) is 2. The molecule has 1 heterocycles. The maximum atomic E-state index is 11.5. The van der Waals surface area contributed by atoms with E-state index in [-0.39, 0.29) is 5.56 Å². The fourth-order valence-corrected chi connectivity index (χ4v) is 1.40. The van der Waals surface area contributed by atoms with Crippen LogP contribution in [0.1, 0.15) is 12.5 Å². The van der Waals surface area contributed by atoms with E-state index in [2.05, 4.69) is 6.92 Å². The molecule has 0 bridgehead atoms. The lowest BCUT2D eigenvalue weighted by molar-refractivity contribution is 0.324. The lowest BCUT2D eigenvalue weighted by atomic mass is 10.1. The average Bonchev–Trinajstić information content (AvgIpc) is 2.43. The van der Waals surface area contributed by atoms with E-state index in [9.17, 15) is 4.79 Å². The molecule has 0 fully saturated rings. The molecule has 0 radical (unpaired) electrons. The summed E-state index contributed by atoms with van der Waals surface area (Å²) in [4.78, 5) is 11.5. The van der Waals surface area contributed by atoms with E-state index < -0.39 is 0 Å². The summed E-state index contributed by atoms with van der Waals surface area (Å²) in [5.41, 5.74) is 1.75. The maximum Gasteiger partial charge on any atom is 0.290 e. The van der Waals surface area contributed by atoms with Crippen LogP contribution >= 0.6 is 0 Å². The molecule has 3 heteroatoms. The van der Waals surface area contributed by atoms with Crippen molar-refractivity contribution >= 4 is 11.0 Å². The highest BCUT2D eigenvalue weighted by Gasteiger charge is 2.05. The second kappa shape index (κ2) is 2.76. The van der Waals surface area contributed by atoms with Crippen molar-refractivity contribution < 1.29 is 4.52 Å². The van der Waals surface area contributed by atoms with Gasteiger partial charge in [0.15, 0.2) is 5.58 Å². The lowest BCUT2D eigenvalue weighted by Gasteiger charge is -1.92. The first-order valence-electron chi connectivity index (χ1n) is 4.31. The zero-order chi connectivity index (χ0) is 9.42. The maximum absolute atomic E-state index is 11.5. The second-order valence-corrected chi connectivity index (χ2v) is 3.08. The number of aryl methyl sites for hydroxylation is 2. The normalized spacial score (nSPS) is 10.9. The molecule has 13 heavy (non-hydrogen) atoms. The van der Waals surface area contributed by atoms with Crippen molar-refractivity contribution in [1.82, 2.24) is 4.74 Å². The van der Waals surface area contributed by atoms with E-state index in [0.29, 0.717) is 11.0 Å². The summed E-state index contributed by atoms with van der Waals surface area (Å²) in [5.74, 6) is 0. The minimum atomic E-state index is -0.0645. The number of rotatable bonds is 1. The predicted molar refractivity (Wildman–Crippen MR) is 50.8 cm³/mol. The molecule has 1 aromatic carbocycles. The Kier molecular flexibility index (Phi) is 1.72. The summed E-state index contributed by atoms with van der Waals surface area (Å²) in [7, 11) is 1.62. The Morgan fingerprint density at radius 1 is 1.46 bits per heavy atom. The van der Waals surface area contributed by atoms with Crippen LogP contribution in [0.4, 0.5) is 0 Å². The molecule has 0 aliphatic heterocycles. The van der Waals surface area contributed by atoms with Gasteiger partial charge in [0, 0.05) is 7.05 Å². The second-order valence-electron chi connectivity index (χ2n) is 3.08. The summed E-state index contributed by atoms with van der Waals surface area (Å²) < 4.78 is 6.46. The van der Waals surface area contributed by atoms with Crippen LogP contribution in [0.2, 0.25) is 0 Å². The van der Waals surface area contributed by atoms with E-state index >= 15 is 0 Å². The molecule has 0 saturated carbocycles. The Labute approximate surface area is 75.5 Å². The topological polar surface area (TPSA) is 35.1 Å². The van der Waals surface area contributed by atoms with Gasteiger partial charge in [0.25, 0.3) is 5.56 Å². The first-order chi connectivity index (χ1) is 6.22. The standard InChI is InChI=1S/C10H11NO2/c1-3-7-4-5-9-8(6-7)10(12)11(2)13-9/h4-6H,3H2,1-2H3. The van der Waals surface area contributed by atoms with Gasteiger partial charge in [-0.2, -0.15) is 4.74 Å². The number of fused-ring (bicyclic) bond motifs is 1. The van der Waals surface area contributed by atoms with Gasteiger partial charge in [-0.05, 0) is 24.1 Å². The third kappa shape index (κ3) is 1.16. The van der Waals surface area contributed by atoms with E-state index in [1.165, 1.54) is 4.74 Å². The Balaban J connectivity index is 2.82. The minimum absolute atomic E-state index is 0.0645. The largest absolute Gasteiger partial charge is 0.376 e. The molecule has 0 atom stereocenters. The third-order valence-electron chi connectivity index (χ3n) is 2.20. The van der Waals surface area contributed by atoms with Crippen LogP contribution in [-0.4, -0.2) is 4.74 Å². The molecule has 2 aromatic rings. The van der Waals surface area contributed by atoms with Crippen molar-refractivity contribution in [3.63, 3.8) is 0 Å². The zero-order valence-electron chi connectivity index (χ0n) is 7.70. The Bertz CT molecular complexity index is 493. The zero-order valence-corrected chi connectivity index (χ0v) is 7.70.